The molecule has 1 aliphatic heterocycles. The van der Waals surface area contributed by atoms with Crippen molar-refractivity contribution in [3.63, 3.8) is 0 Å². The minimum atomic E-state index is -4.82. The monoisotopic (exact) mass is 312 g/mol. The van der Waals surface area contributed by atoms with Gasteiger partial charge in [-0.1, -0.05) is 0 Å². The summed E-state index contributed by atoms with van der Waals surface area (Å²) in [7, 11) is 0. The fraction of sp³-hybridized carbons (Fsp3) is 0.727. The van der Waals surface area contributed by atoms with Gasteiger partial charge in [0.25, 0.3) is 0 Å². The van der Waals surface area contributed by atoms with Crippen LogP contribution >= 0.6 is 0 Å². The van der Waals surface area contributed by atoms with E-state index in [4.69, 9.17) is 10.2 Å². The predicted molar refractivity (Wildman–Crippen MR) is 62.4 cm³/mol. The zero-order valence-corrected chi connectivity index (χ0v) is 10.9. The largest absolute Gasteiger partial charge is 0.481 e. The van der Waals surface area contributed by atoms with Gasteiger partial charge in [0.1, 0.15) is 6.04 Å². The molecule has 1 heterocycles. The number of amides is 1. The van der Waals surface area contributed by atoms with Crippen molar-refractivity contribution in [2.75, 3.05) is 13.1 Å². The number of hydrogen-bond donors (Lipinski definition) is 4. The molecule has 0 aliphatic carbocycles. The normalized spacial score (nSPS) is 23.6. The molecular weight excluding hydrogens is 297 g/mol. The average Bonchev–Trinajstić information content (AvgIpc) is 2.83. The van der Waals surface area contributed by atoms with Crippen molar-refractivity contribution in [1.82, 2.24) is 10.6 Å². The lowest BCUT2D eigenvalue weighted by Crippen LogP contribution is -2.55. The van der Waals surface area contributed by atoms with E-state index < -0.39 is 61.3 Å². The summed E-state index contributed by atoms with van der Waals surface area (Å²) in [5.74, 6) is -4.32. The molecular formula is C11H15F3N2O5. The lowest BCUT2D eigenvalue weighted by Gasteiger charge is -2.30. The van der Waals surface area contributed by atoms with E-state index in [1.54, 1.807) is 5.32 Å². The highest BCUT2D eigenvalue weighted by Crippen LogP contribution is 2.43. The number of aliphatic carboxylic acids is 2. The van der Waals surface area contributed by atoms with Gasteiger partial charge in [-0.25, -0.2) is 4.79 Å². The molecule has 1 rings (SSSR count). The summed E-state index contributed by atoms with van der Waals surface area (Å²) >= 11 is 0. The molecule has 2 atom stereocenters. The van der Waals surface area contributed by atoms with Crippen LogP contribution in [-0.4, -0.2) is 53.4 Å². The molecule has 0 aromatic heterocycles. The molecule has 1 fully saturated rings. The smallest absolute Gasteiger partial charge is 0.404 e. The van der Waals surface area contributed by atoms with E-state index in [0.717, 1.165) is 0 Å². The SMILES string of the molecule is O=C(O)CC[C@H](NC(=O)C1(C(F)(F)F)CCNC1)C(=O)O. The van der Waals surface area contributed by atoms with E-state index >= 15 is 0 Å². The van der Waals surface area contributed by atoms with Crippen LogP contribution in [0.5, 0.6) is 0 Å². The van der Waals surface area contributed by atoms with E-state index in [-0.39, 0.29) is 6.54 Å². The first-order chi connectivity index (χ1) is 9.60. The first-order valence-electron chi connectivity index (χ1n) is 6.13. The Morgan fingerprint density at radius 3 is 2.29 bits per heavy atom. The van der Waals surface area contributed by atoms with Gasteiger partial charge in [0.05, 0.1) is 0 Å². The van der Waals surface area contributed by atoms with Gasteiger partial charge in [0.15, 0.2) is 5.41 Å². The molecule has 1 saturated heterocycles. The minimum absolute atomic E-state index is 0.0141. The predicted octanol–water partition coefficient (Wildman–Crippen LogP) is -0.0374. The fourth-order valence-corrected chi connectivity index (χ4v) is 2.08. The molecule has 1 aliphatic rings. The van der Waals surface area contributed by atoms with E-state index in [2.05, 4.69) is 5.32 Å². The topological polar surface area (TPSA) is 116 Å². The Balaban J connectivity index is 2.84. The van der Waals surface area contributed by atoms with Gasteiger partial charge in [-0.3, -0.25) is 9.59 Å². The number of alkyl halides is 3. The van der Waals surface area contributed by atoms with Crippen LogP contribution < -0.4 is 10.6 Å². The zero-order chi connectivity index (χ0) is 16.3. The van der Waals surface area contributed by atoms with Crippen LogP contribution in [0.15, 0.2) is 0 Å². The summed E-state index contributed by atoms with van der Waals surface area (Å²) in [6, 6.07) is -1.67. The second-order valence-corrected chi connectivity index (χ2v) is 4.80. The Bertz CT molecular complexity index is 432. The number of halogens is 3. The molecule has 1 unspecified atom stereocenters. The molecule has 0 saturated carbocycles. The molecule has 0 radical (unpaired) electrons. The summed E-state index contributed by atoms with van der Waals surface area (Å²) in [6.45, 7) is -0.645. The van der Waals surface area contributed by atoms with Gasteiger partial charge < -0.3 is 20.8 Å². The number of rotatable bonds is 6. The molecule has 10 heteroatoms. The number of carboxylic acids is 2. The van der Waals surface area contributed by atoms with Gasteiger partial charge in [-0.15, -0.1) is 0 Å². The Morgan fingerprint density at radius 2 is 1.90 bits per heavy atom. The molecule has 120 valence electrons. The molecule has 0 aromatic rings. The van der Waals surface area contributed by atoms with Crippen molar-refractivity contribution in [3.05, 3.63) is 0 Å². The molecule has 0 spiro atoms. The minimum Gasteiger partial charge on any atom is -0.481 e. The van der Waals surface area contributed by atoms with Crippen LogP contribution in [-0.2, 0) is 14.4 Å². The highest BCUT2D eigenvalue weighted by molar-refractivity contribution is 5.88. The zero-order valence-electron chi connectivity index (χ0n) is 10.9. The van der Waals surface area contributed by atoms with E-state index in [0.29, 0.717) is 0 Å². The summed E-state index contributed by atoms with van der Waals surface area (Å²) in [5, 5.41) is 21.6. The third kappa shape index (κ3) is 3.84. The third-order valence-corrected chi connectivity index (χ3v) is 3.38. The fourth-order valence-electron chi connectivity index (χ4n) is 2.08. The lowest BCUT2D eigenvalue weighted by atomic mass is 9.84. The van der Waals surface area contributed by atoms with Crippen molar-refractivity contribution in [2.24, 2.45) is 5.41 Å². The van der Waals surface area contributed by atoms with Gasteiger partial charge in [0, 0.05) is 13.0 Å². The molecule has 21 heavy (non-hydrogen) atoms. The quantitative estimate of drug-likeness (QED) is 0.547. The van der Waals surface area contributed by atoms with Crippen molar-refractivity contribution >= 4 is 17.8 Å². The Labute approximate surface area is 117 Å². The summed E-state index contributed by atoms with van der Waals surface area (Å²) in [5.41, 5.74) is -2.68. The van der Waals surface area contributed by atoms with Crippen LogP contribution in [0.1, 0.15) is 19.3 Å². The highest BCUT2D eigenvalue weighted by atomic mass is 19.4. The summed E-state index contributed by atoms with van der Waals surface area (Å²) < 4.78 is 39.3. The van der Waals surface area contributed by atoms with Gasteiger partial charge >= 0.3 is 18.1 Å². The maximum Gasteiger partial charge on any atom is 0.404 e. The molecule has 4 N–H and O–H groups in total. The maximum atomic E-state index is 13.1. The Hall–Kier alpha value is -1.84. The highest BCUT2D eigenvalue weighted by Gasteiger charge is 2.61. The van der Waals surface area contributed by atoms with Gasteiger partial charge in [0.2, 0.25) is 5.91 Å². The average molecular weight is 312 g/mol. The van der Waals surface area contributed by atoms with Crippen LogP contribution in [0, 0.1) is 5.41 Å². The molecule has 0 aromatic carbocycles. The maximum absolute atomic E-state index is 13.1. The standard InChI is InChI=1S/C11H15F3N2O5/c12-11(13,14)10(3-4-15-5-10)9(21)16-6(8(19)20)1-2-7(17)18/h6,15H,1-5H2,(H,16,21)(H,17,18)(H,19,20)/t6-,10?/m0/s1. The number of hydrogen-bond acceptors (Lipinski definition) is 4. The van der Waals surface area contributed by atoms with Crippen molar-refractivity contribution in [3.8, 4) is 0 Å². The van der Waals surface area contributed by atoms with Crippen molar-refractivity contribution in [1.29, 1.82) is 0 Å². The van der Waals surface area contributed by atoms with Crippen molar-refractivity contribution in [2.45, 2.75) is 31.5 Å². The second kappa shape index (κ2) is 6.29. The van der Waals surface area contributed by atoms with E-state index in [1.807, 2.05) is 0 Å². The third-order valence-electron chi connectivity index (χ3n) is 3.38. The first-order valence-corrected chi connectivity index (χ1v) is 6.13. The van der Waals surface area contributed by atoms with Gasteiger partial charge in [-0.2, -0.15) is 13.2 Å². The number of nitrogens with one attached hydrogen (secondary N) is 2. The van der Waals surface area contributed by atoms with Crippen LogP contribution in [0.25, 0.3) is 0 Å². The molecule has 0 bridgehead atoms. The number of carboxylic acid groups (broad SMARTS) is 2. The van der Waals surface area contributed by atoms with Crippen LogP contribution in [0.2, 0.25) is 0 Å². The van der Waals surface area contributed by atoms with Crippen LogP contribution in [0.3, 0.4) is 0 Å². The summed E-state index contributed by atoms with van der Waals surface area (Å²) in [4.78, 5) is 33.2. The van der Waals surface area contributed by atoms with Gasteiger partial charge in [-0.05, 0) is 19.4 Å². The summed E-state index contributed by atoms with van der Waals surface area (Å²) in [6.07, 6.45) is -6.38. The van der Waals surface area contributed by atoms with E-state index in [1.165, 1.54) is 0 Å². The number of carbonyl (C=O) groups excluding carboxylic acids is 1. The lowest BCUT2D eigenvalue weighted by molar-refractivity contribution is -0.216. The number of carbonyl (C=O) groups is 3. The second-order valence-electron chi connectivity index (χ2n) is 4.80. The van der Waals surface area contributed by atoms with E-state index in [9.17, 15) is 27.6 Å². The molecule has 1 amide bonds. The molecule has 7 nitrogen and oxygen atoms in total. The first kappa shape index (κ1) is 17.2. The Kier molecular flexibility index (Phi) is 5.15. The Morgan fingerprint density at radius 1 is 1.29 bits per heavy atom. The van der Waals surface area contributed by atoms with Crippen molar-refractivity contribution < 1.29 is 37.8 Å². The van der Waals surface area contributed by atoms with Crippen LogP contribution in [0.4, 0.5) is 13.2 Å².